The van der Waals surface area contributed by atoms with E-state index in [1.54, 1.807) is 0 Å². The van der Waals surface area contributed by atoms with Crippen molar-refractivity contribution in [3.63, 3.8) is 0 Å². The number of pyridine rings is 1. The van der Waals surface area contributed by atoms with E-state index < -0.39 is 0 Å². The van der Waals surface area contributed by atoms with Crippen LogP contribution in [-0.2, 0) is 0 Å². The van der Waals surface area contributed by atoms with Gasteiger partial charge in [0, 0.05) is 68.9 Å². The van der Waals surface area contributed by atoms with Crippen LogP contribution in [0.15, 0.2) is 48.9 Å². The summed E-state index contributed by atoms with van der Waals surface area (Å²) in [4.78, 5) is 9.24. The lowest BCUT2D eigenvalue weighted by Gasteiger charge is -2.33. The number of anilines is 1. The van der Waals surface area contributed by atoms with Gasteiger partial charge in [0.1, 0.15) is 5.82 Å². The molecule has 4 rings (SSSR count). The van der Waals surface area contributed by atoms with Gasteiger partial charge in [0.05, 0.1) is 17.4 Å². The van der Waals surface area contributed by atoms with Crippen molar-refractivity contribution < 1.29 is 0 Å². The summed E-state index contributed by atoms with van der Waals surface area (Å²) in [6.45, 7) is 4.05. The Bertz CT molecular complexity index is 1010. The lowest BCUT2D eigenvalue weighted by Crippen LogP contribution is -2.44. The second-order valence-electron chi connectivity index (χ2n) is 7.03. The summed E-state index contributed by atoms with van der Waals surface area (Å²) >= 11 is 0. The number of aromatic nitrogens is 3. The van der Waals surface area contributed by atoms with Crippen molar-refractivity contribution in [3.05, 3.63) is 54.5 Å². The Morgan fingerprint density at radius 1 is 1.14 bits per heavy atom. The third-order valence-electron chi connectivity index (χ3n) is 5.16. The number of piperazine rings is 1. The van der Waals surface area contributed by atoms with E-state index >= 15 is 0 Å². The van der Waals surface area contributed by atoms with Crippen LogP contribution in [0.2, 0.25) is 0 Å². The monoisotopic (exact) mass is 375 g/mol. The van der Waals surface area contributed by atoms with Crippen LogP contribution in [0.4, 0.5) is 5.82 Å². The van der Waals surface area contributed by atoms with E-state index in [1.165, 1.54) is 6.21 Å². The fourth-order valence-corrected chi connectivity index (χ4v) is 3.52. The first-order valence-electron chi connectivity index (χ1n) is 9.45. The molecule has 0 saturated carbocycles. The number of hydrogen-bond acceptors (Lipinski definition) is 6. The van der Waals surface area contributed by atoms with Gasteiger partial charge in [-0.15, -0.1) is 0 Å². The van der Waals surface area contributed by atoms with Gasteiger partial charge in [-0.1, -0.05) is 12.1 Å². The summed E-state index contributed by atoms with van der Waals surface area (Å²) in [6, 6.07) is 10.2. The molecule has 7 nitrogen and oxygen atoms in total. The Balaban J connectivity index is 1.72. The fourth-order valence-electron chi connectivity index (χ4n) is 3.52. The third kappa shape index (κ3) is 3.48. The van der Waals surface area contributed by atoms with Gasteiger partial charge >= 0.3 is 0 Å². The fraction of sp³-hybridized carbons (Fsp3) is 0.286. The molecule has 0 amide bonds. The first kappa shape index (κ1) is 18.2. The van der Waals surface area contributed by atoms with E-state index in [-0.39, 0.29) is 0 Å². The normalized spacial score (nSPS) is 15.8. The topological polar surface area (TPSA) is 73.1 Å². The minimum Gasteiger partial charge on any atom is -0.393 e. The third-order valence-corrected chi connectivity index (χ3v) is 5.16. The van der Waals surface area contributed by atoms with Crippen molar-refractivity contribution in [1.29, 1.82) is 5.41 Å². The van der Waals surface area contributed by atoms with E-state index in [1.807, 2.05) is 48.5 Å². The number of benzene rings is 1. The molecule has 1 fully saturated rings. The number of nitrogens with one attached hydrogen (secondary N) is 2. The zero-order valence-corrected chi connectivity index (χ0v) is 16.3. The van der Waals surface area contributed by atoms with Gasteiger partial charge < -0.3 is 20.5 Å². The van der Waals surface area contributed by atoms with Gasteiger partial charge in [-0.2, -0.15) is 5.10 Å². The van der Waals surface area contributed by atoms with Gasteiger partial charge in [-0.05, 0) is 24.7 Å². The smallest absolute Gasteiger partial charge is 0.130 e. The maximum Gasteiger partial charge on any atom is 0.130 e. The highest BCUT2D eigenvalue weighted by molar-refractivity contribution is 6.09. The van der Waals surface area contributed by atoms with Gasteiger partial charge in [0.25, 0.3) is 0 Å². The van der Waals surface area contributed by atoms with Crippen molar-refractivity contribution in [2.24, 2.45) is 0 Å². The Kier molecular flexibility index (Phi) is 5.08. The van der Waals surface area contributed by atoms with E-state index in [0.29, 0.717) is 0 Å². The molecule has 2 N–H and O–H groups in total. The van der Waals surface area contributed by atoms with Crippen molar-refractivity contribution in [2.75, 3.05) is 45.2 Å². The molecule has 3 heterocycles. The van der Waals surface area contributed by atoms with Crippen LogP contribution < -0.4 is 10.2 Å². The zero-order valence-electron chi connectivity index (χ0n) is 16.3. The summed E-state index contributed by atoms with van der Waals surface area (Å²) in [5.41, 5.74) is 3.80. The molecule has 1 aliphatic rings. The summed E-state index contributed by atoms with van der Waals surface area (Å²) in [5, 5.41) is 16.3. The van der Waals surface area contributed by atoms with Crippen LogP contribution in [0.3, 0.4) is 0 Å². The summed E-state index contributed by atoms with van der Waals surface area (Å²) in [7, 11) is 3.99. The second kappa shape index (κ2) is 7.82. The van der Waals surface area contributed by atoms with Crippen LogP contribution in [0, 0.1) is 5.41 Å². The van der Waals surface area contributed by atoms with Gasteiger partial charge in [-0.25, -0.2) is 9.67 Å². The lowest BCUT2D eigenvalue weighted by atomic mass is 10.1. The quantitative estimate of drug-likeness (QED) is 0.670. The summed E-state index contributed by atoms with van der Waals surface area (Å²) in [6.07, 6.45) is 6.91. The molecule has 28 heavy (non-hydrogen) atoms. The Morgan fingerprint density at radius 3 is 2.71 bits per heavy atom. The molecule has 0 unspecified atom stereocenters. The molecule has 1 aromatic carbocycles. The number of hydrogen-bond donors (Lipinski definition) is 2. The number of likely N-dealkylation sites (N-methyl/N-ethyl adjacent to an activating group) is 1. The molecule has 7 heteroatoms. The first-order chi connectivity index (χ1) is 13.7. The van der Waals surface area contributed by atoms with Gasteiger partial charge in [-0.3, -0.25) is 0 Å². The minimum absolute atomic E-state index is 0.824. The highest BCUT2D eigenvalue weighted by Crippen LogP contribution is 2.24. The highest BCUT2D eigenvalue weighted by Gasteiger charge is 2.16. The molecule has 0 aliphatic carbocycles. The molecular formula is C21H25N7. The molecule has 144 valence electrons. The summed E-state index contributed by atoms with van der Waals surface area (Å²) in [5.74, 6) is 0.987. The van der Waals surface area contributed by atoms with E-state index in [2.05, 4.69) is 44.4 Å². The standard InChI is InChI=1S/C21H25N7/c1-23-14-18(13-22)16-3-4-17-15-25-28(20(17)11-16)19-5-6-24-21(12-19)27-9-7-26(2)8-10-27/h3-6,11-15,22-23H,7-10H2,1-2H3/b18-14+,22-13?. The van der Waals surface area contributed by atoms with Crippen LogP contribution in [-0.4, -0.2) is 66.2 Å². The van der Waals surface area contributed by atoms with E-state index in [0.717, 1.165) is 59.7 Å². The molecule has 1 aliphatic heterocycles. The van der Waals surface area contributed by atoms with Crippen LogP contribution in [0.5, 0.6) is 0 Å². The van der Waals surface area contributed by atoms with Crippen LogP contribution >= 0.6 is 0 Å². The predicted molar refractivity (Wildman–Crippen MR) is 114 cm³/mol. The number of fused-ring (bicyclic) bond motifs is 1. The Morgan fingerprint density at radius 2 is 1.96 bits per heavy atom. The Hall–Kier alpha value is -3.19. The molecule has 0 spiro atoms. The number of nitrogens with zero attached hydrogens (tertiary/aromatic N) is 5. The predicted octanol–water partition coefficient (Wildman–Crippen LogP) is 2.38. The molecule has 0 radical (unpaired) electrons. The average molecular weight is 375 g/mol. The molecular weight excluding hydrogens is 350 g/mol. The molecule has 3 aromatic rings. The first-order valence-corrected chi connectivity index (χ1v) is 9.45. The average Bonchev–Trinajstić information content (AvgIpc) is 3.16. The van der Waals surface area contributed by atoms with E-state index in [4.69, 9.17) is 5.41 Å². The van der Waals surface area contributed by atoms with Crippen molar-refractivity contribution in [2.45, 2.75) is 0 Å². The van der Waals surface area contributed by atoms with Crippen molar-refractivity contribution in [3.8, 4) is 5.69 Å². The van der Waals surface area contributed by atoms with Crippen molar-refractivity contribution in [1.82, 2.24) is 25.0 Å². The second-order valence-corrected chi connectivity index (χ2v) is 7.03. The minimum atomic E-state index is 0.824. The van der Waals surface area contributed by atoms with E-state index in [9.17, 15) is 0 Å². The number of allylic oxidation sites excluding steroid dienone is 1. The van der Waals surface area contributed by atoms with Crippen molar-refractivity contribution >= 4 is 28.5 Å². The highest BCUT2D eigenvalue weighted by atomic mass is 15.3. The Labute approximate surface area is 164 Å². The van der Waals surface area contributed by atoms with Gasteiger partial charge in [0.2, 0.25) is 0 Å². The molecule has 0 bridgehead atoms. The van der Waals surface area contributed by atoms with Crippen LogP contribution in [0.25, 0.3) is 22.2 Å². The lowest BCUT2D eigenvalue weighted by molar-refractivity contribution is 0.312. The SMILES string of the molecule is CN/C=C(\C=N)c1ccc2cnn(-c3ccnc(N4CCN(C)CC4)c3)c2c1. The molecule has 1 saturated heterocycles. The zero-order chi connectivity index (χ0) is 19.5. The number of rotatable bonds is 5. The van der Waals surface area contributed by atoms with Gasteiger partial charge in [0.15, 0.2) is 0 Å². The maximum absolute atomic E-state index is 7.67. The maximum atomic E-state index is 7.67. The molecule has 0 atom stereocenters. The molecule has 2 aromatic heterocycles. The van der Waals surface area contributed by atoms with Crippen LogP contribution in [0.1, 0.15) is 5.56 Å². The largest absolute Gasteiger partial charge is 0.393 e. The summed E-state index contributed by atoms with van der Waals surface area (Å²) < 4.78 is 1.95.